The molecular weight excluding hydrogens is 473 g/mol. The van der Waals surface area contributed by atoms with Gasteiger partial charge < -0.3 is 25.0 Å². The second-order valence-electron chi connectivity index (χ2n) is 6.64. The first-order valence-electron chi connectivity index (χ1n) is 8.73. The molecule has 0 amide bonds. The third-order valence-corrected chi connectivity index (χ3v) is 7.51. The van der Waals surface area contributed by atoms with Crippen molar-refractivity contribution in [2.45, 2.75) is 34.6 Å². The zero-order chi connectivity index (χ0) is 21.0. The van der Waals surface area contributed by atoms with Crippen molar-refractivity contribution in [3.63, 3.8) is 0 Å². The number of hydrogen-bond donors (Lipinski definition) is 3. The molecule has 0 saturated carbocycles. The number of benzene rings is 1. The van der Waals surface area contributed by atoms with Crippen LogP contribution in [0.3, 0.4) is 0 Å². The van der Waals surface area contributed by atoms with E-state index in [1.807, 2.05) is 12.1 Å². The maximum Gasteiger partial charge on any atom is 0.325 e. The van der Waals surface area contributed by atoms with Gasteiger partial charge in [-0.05, 0) is 36.1 Å². The highest BCUT2D eigenvalue weighted by Crippen LogP contribution is 2.53. The van der Waals surface area contributed by atoms with E-state index in [0.29, 0.717) is 21.3 Å². The van der Waals surface area contributed by atoms with Crippen LogP contribution in [0.5, 0.6) is 0 Å². The highest BCUT2D eigenvalue weighted by molar-refractivity contribution is 8.07. The average molecular weight is 488 g/mol. The van der Waals surface area contributed by atoms with Crippen molar-refractivity contribution in [3.05, 3.63) is 35.6 Å². The molecule has 1 aromatic carbocycles. The van der Waals surface area contributed by atoms with Crippen LogP contribution in [0.4, 0.5) is 5.82 Å². The number of halogens is 1. The molecule has 0 aliphatic carbocycles. The van der Waals surface area contributed by atoms with Crippen LogP contribution < -0.4 is 5.73 Å². The summed E-state index contributed by atoms with van der Waals surface area (Å²) in [5.41, 5.74) is 6.77. The van der Waals surface area contributed by atoms with Crippen molar-refractivity contribution in [2.75, 3.05) is 12.3 Å². The molecule has 14 heteroatoms. The average Bonchev–Trinajstić information content (AvgIpc) is 3.21. The molecule has 4 N–H and O–H groups in total. The Morgan fingerprint density at radius 3 is 2.83 bits per heavy atom. The molecule has 30 heavy (non-hydrogen) atoms. The molecule has 0 bridgehead atoms. The lowest BCUT2D eigenvalue weighted by Gasteiger charge is -2.30. The standard InChI is InChI=1S/C16H15ClN5O5PS2/c17-7-1-3-8(4-2-7)30-16-21-10-13(18)19-6-20-14(10)22(16)15-11(23)12-9(26-15)5-25-28(24,29)27-12/h1-4,6,9,11-12,15,23H,5H2,(H,24,29)(H2,18,19,20). The summed E-state index contributed by atoms with van der Waals surface area (Å²) in [5.74, 6) is 0.201. The van der Waals surface area contributed by atoms with Crippen molar-refractivity contribution < 1.29 is 23.8 Å². The number of nitrogen functional groups attached to an aromatic ring is 1. The van der Waals surface area contributed by atoms with E-state index in [4.69, 9.17) is 42.9 Å². The van der Waals surface area contributed by atoms with E-state index in [0.717, 1.165) is 4.90 Å². The van der Waals surface area contributed by atoms with Crippen LogP contribution in [0.1, 0.15) is 6.23 Å². The summed E-state index contributed by atoms with van der Waals surface area (Å²) >= 11 is 12.2. The number of fused-ring (bicyclic) bond motifs is 2. The number of anilines is 1. The van der Waals surface area contributed by atoms with Gasteiger partial charge in [0.15, 0.2) is 28.4 Å². The Balaban J connectivity index is 1.58. The quantitative estimate of drug-likeness (QED) is 0.468. The van der Waals surface area contributed by atoms with Crippen LogP contribution in [0.2, 0.25) is 5.02 Å². The maximum atomic E-state index is 10.9. The third kappa shape index (κ3) is 3.62. The summed E-state index contributed by atoms with van der Waals surface area (Å²) in [4.78, 5) is 23.7. The molecule has 2 aliphatic rings. The topological polar surface area (TPSA) is 138 Å². The number of hydrogen-bond acceptors (Lipinski definition) is 10. The van der Waals surface area contributed by atoms with Crippen molar-refractivity contribution in [2.24, 2.45) is 0 Å². The zero-order valence-corrected chi connectivity index (χ0v) is 18.3. The molecule has 5 atom stereocenters. The molecule has 4 heterocycles. The molecule has 3 aromatic rings. The van der Waals surface area contributed by atoms with Crippen LogP contribution in [-0.2, 0) is 25.6 Å². The molecule has 2 aliphatic heterocycles. The summed E-state index contributed by atoms with van der Waals surface area (Å²) in [6, 6.07) is 7.21. The third-order valence-electron chi connectivity index (χ3n) is 4.72. The molecule has 158 valence electrons. The van der Waals surface area contributed by atoms with Gasteiger partial charge in [-0.1, -0.05) is 23.4 Å². The number of imidazole rings is 1. The van der Waals surface area contributed by atoms with Crippen LogP contribution in [0, 0.1) is 0 Å². The van der Waals surface area contributed by atoms with Gasteiger partial charge in [0.1, 0.15) is 24.6 Å². The lowest BCUT2D eigenvalue weighted by atomic mass is 10.1. The number of aliphatic hydroxyl groups is 1. The summed E-state index contributed by atoms with van der Waals surface area (Å²) in [6.45, 7) is -3.41. The van der Waals surface area contributed by atoms with Crippen molar-refractivity contribution in [3.8, 4) is 0 Å². The summed E-state index contributed by atoms with van der Waals surface area (Å²) in [5, 5.41) is 12.0. The fourth-order valence-electron chi connectivity index (χ4n) is 3.36. The van der Waals surface area contributed by atoms with Crippen molar-refractivity contribution in [1.29, 1.82) is 0 Å². The maximum absolute atomic E-state index is 10.9. The highest BCUT2D eigenvalue weighted by Gasteiger charge is 2.51. The lowest BCUT2D eigenvalue weighted by Crippen LogP contribution is -2.39. The molecule has 0 radical (unpaired) electrons. The van der Waals surface area contributed by atoms with E-state index in [2.05, 4.69) is 15.0 Å². The number of ether oxygens (including phenoxy) is 1. The minimum absolute atomic E-state index is 0.00934. The first kappa shape index (κ1) is 20.6. The van der Waals surface area contributed by atoms with Crippen LogP contribution in [0.25, 0.3) is 11.2 Å². The Labute approximate surface area is 184 Å². The largest absolute Gasteiger partial charge is 0.386 e. The Morgan fingerprint density at radius 2 is 2.07 bits per heavy atom. The van der Waals surface area contributed by atoms with Crippen molar-refractivity contribution >= 4 is 58.9 Å². The van der Waals surface area contributed by atoms with Crippen LogP contribution in [-0.4, -0.2) is 54.4 Å². The lowest BCUT2D eigenvalue weighted by molar-refractivity contribution is -0.0619. The zero-order valence-electron chi connectivity index (χ0n) is 15.0. The second kappa shape index (κ2) is 7.66. The van der Waals surface area contributed by atoms with Gasteiger partial charge in [0.05, 0.1) is 6.61 Å². The van der Waals surface area contributed by atoms with Crippen LogP contribution >= 0.6 is 30.1 Å². The monoisotopic (exact) mass is 487 g/mol. The Morgan fingerprint density at radius 1 is 1.30 bits per heavy atom. The molecule has 2 fully saturated rings. The Bertz CT molecular complexity index is 1160. The number of nitrogens with zero attached hydrogens (tertiary/aromatic N) is 4. The van der Waals surface area contributed by atoms with E-state index in [9.17, 15) is 10.00 Å². The number of aliphatic hydroxyl groups excluding tert-OH is 1. The van der Waals surface area contributed by atoms with Gasteiger partial charge >= 0.3 is 6.72 Å². The van der Waals surface area contributed by atoms with Gasteiger partial charge in [0.2, 0.25) is 0 Å². The molecule has 2 saturated heterocycles. The summed E-state index contributed by atoms with van der Waals surface area (Å²) in [7, 11) is 0. The Hall–Kier alpha value is -1.34. The van der Waals surface area contributed by atoms with E-state index >= 15 is 0 Å². The number of rotatable bonds is 3. The predicted molar refractivity (Wildman–Crippen MR) is 113 cm³/mol. The summed E-state index contributed by atoms with van der Waals surface area (Å²) < 4.78 is 18.2. The van der Waals surface area contributed by atoms with Crippen molar-refractivity contribution in [1.82, 2.24) is 19.5 Å². The molecule has 10 nitrogen and oxygen atoms in total. The SMILES string of the molecule is Nc1ncnc2c1nc(Sc1ccc(Cl)cc1)n2C1OC2COP(O)(=S)OC2C1O. The molecule has 0 spiro atoms. The first-order valence-corrected chi connectivity index (χ1v) is 12.5. The second-order valence-corrected chi connectivity index (χ2v) is 10.9. The van der Waals surface area contributed by atoms with Gasteiger partial charge in [0.25, 0.3) is 0 Å². The van der Waals surface area contributed by atoms with Crippen LogP contribution in [0.15, 0.2) is 40.6 Å². The molecule has 5 rings (SSSR count). The van der Waals surface area contributed by atoms with E-state index < -0.39 is 31.3 Å². The number of aromatic nitrogens is 4. The Kier molecular flexibility index (Phi) is 5.25. The fourth-order valence-corrected chi connectivity index (χ4v) is 5.84. The molecular formula is C16H15ClN5O5PS2. The highest BCUT2D eigenvalue weighted by atomic mass is 35.5. The normalized spacial score (nSPS) is 31.2. The predicted octanol–water partition coefficient (Wildman–Crippen LogP) is 2.10. The van der Waals surface area contributed by atoms with Gasteiger partial charge in [-0.15, -0.1) is 0 Å². The minimum atomic E-state index is -3.42. The first-order chi connectivity index (χ1) is 14.3. The van der Waals surface area contributed by atoms with Gasteiger partial charge in [-0.2, -0.15) is 0 Å². The van der Waals surface area contributed by atoms with E-state index in [1.54, 1.807) is 16.7 Å². The van der Waals surface area contributed by atoms with E-state index in [1.165, 1.54) is 18.1 Å². The smallest absolute Gasteiger partial charge is 0.325 e. The molecule has 2 aromatic heterocycles. The fraction of sp³-hybridized carbons (Fsp3) is 0.312. The van der Waals surface area contributed by atoms with Gasteiger partial charge in [-0.25, -0.2) is 15.0 Å². The van der Waals surface area contributed by atoms with Gasteiger partial charge in [-0.3, -0.25) is 9.09 Å². The minimum Gasteiger partial charge on any atom is -0.386 e. The van der Waals surface area contributed by atoms with E-state index in [-0.39, 0.29) is 12.4 Å². The number of nitrogens with two attached hydrogens (primary N) is 1. The molecule has 5 unspecified atom stereocenters. The van der Waals surface area contributed by atoms with Gasteiger partial charge in [0, 0.05) is 9.92 Å². The summed E-state index contributed by atoms with van der Waals surface area (Å²) in [6.07, 6.45) is -2.20.